The third-order valence-corrected chi connectivity index (χ3v) is 6.15. The highest BCUT2D eigenvalue weighted by Crippen LogP contribution is 2.29. The van der Waals surface area contributed by atoms with E-state index in [9.17, 15) is 4.79 Å². The van der Waals surface area contributed by atoms with Crippen molar-refractivity contribution in [3.8, 4) is 17.1 Å². The number of piperazine rings is 1. The summed E-state index contributed by atoms with van der Waals surface area (Å²) in [7, 11) is 1.62. The Hall–Kier alpha value is -3.84. The molecule has 1 aliphatic heterocycles. The van der Waals surface area contributed by atoms with Crippen LogP contribution in [-0.4, -0.2) is 54.2 Å². The van der Waals surface area contributed by atoms with Gasteiger partial charge in [0.1, 0.15) is 11.6 Å². The van der Waals surface area contributed by atoms with Crippen molar-refractivity contribution in [1.82, 2.24) is 14.9 Å². The molecule has 1 aromatic heterocycles. The van der Waals surface area contributed by atoms with Crippen molar-refractivity contribution < 1.29 is 9.53 Å². The van der Waals surface area contributed by atoms with Crippen molar-refractivity contribution in [2.75, 3.05) is 43.5 Å². The molecule has 1 aliphatic rings. The summed E-state index contributed by atoms with van der Waals surface area (Å²) in [5.74, 6) is 2.29. The first kappa shape index (κ1) is 22.0. The second-order valence-corrected chi connectivity index (χ2v) is 8.46. The largest absolute Gasteiger partial charge is 0.497 e. The number of hydrogen-bond acceptors (Lipinski definition) is 5. The molecular weight excluding hydrogens is 450 g/mol. The molecule has 7 nitrogen and oxygen atoms in total. The highest BCUT2D eigenvalue weighted by Gasteiger charge is 2.24. The van der Waals surface area contributed by atoms with Crippen LogP contribution in [0.15, 0.2) is 72.8 Å². The molecule has 1 N–H and O–H groups in total. The van der Waals surface area contributed by atoms with E-state index in [1.807, 2.05) is 77.7 Å². The van der Waals surface area contributed by atoms with Crippen LogP contribution in [-0.2, 0) is 0 Å². The molecular formula is C26H24ClN5O2. The van der Waals surface area contributed by atoms with E-state index in [0.29, 0.717) is 37.0 Å². The van der Waals surface area contributed by atoms with Crippen molar-refractivity contribution in [2.45, 2.75) is 0 Å². The minimum Gasteiger partial charge on any atom is -0.497 e. The third kappa shape index (κ3) is 4.61. The molecule has 4 aromatic rings. The predicted octanol–water partition coefficient (Wildman–Crippen LogP) is 5.31. The maximum absolute atomic E-state index is 12.8. The van der Waals surface area contributed by atoms with Gasteiger partial charge in [0.15, 0.2) is 5.82 Å². The number of fused-ring (bicyclic) bond motifs is 1. The SMILES string of the molecule is COc1ccc(NC(=O)N2CCN(c3nc(-c4ccc(Cl)cc4)nc4ccccc34)CC2)cc1. The monoisotopic (exact) mass is 473 g/mol. The standard InChI is InChI=1S/C26H24ClN5O2/c1-34-21-12-10-20(11-13-21)28-26(33)32-16-14-31(15-17-32)25-22-4-2-3-5-23(22)29-24(30-25)18-6-8-19(27)9-7-18/h2-13H,14-17H2,1H3,(H,28,33). The number of anilines is 2. The summed E-state index contributed by atoms with van der Waals surface area (Å²) in [5, 5.41) is 4.63. The van der Waals surface area contributed by atoms with Crippen molar-refractivity contribution >= 4 is 40.0 Å². The van der Waals surface area contributed by atoms with Gasteiger partial charge in [-0.25, -0.2) is 14.8 Å². The van der Waals surface area contributed by atoms with Gasteiger partial charge in [0.25, 0.3) is 0 Å². The minimum atomic E-state index is -0.112. The number of carbonyl (C=O) groups excluding carboxylic acids is 1. The molecule has 0 saturated carbocycles. The number of nitrogens with one attached hydrogen (secondary N) is 1. The zero-order valence-corrected chi connectivity index (χ0v) is 19.5. The number of rotatable bonds is 4. The van der Waals surface area contributed by atoms with E-state index in [1.165, 1.54) is 0 Å². The van der Waals surface area contributed by atoms with Gasteiger partial charge in [-0.1, -0.05) is 23.7 Å². The molecule has 172 valence electrons. The average molecular weight is 474 g/mol. The first-order valence-electron chi connectivity index (χ1n) is 11.1. The molecule has 0 atom stereocenters. The Kier molecular flexibility index (Phi) is 6.18. The highest BCUT2D eigenvalue weighted by molar-refractivity contribution is 6.30. The summed E-state index contributed by atoms with van der Waals surface area (Å²) < 4.78 is 5.17. The van der Waals surface area contributed by atoms with E-state index >= 15 is 0 Å². The van der Waals surface area contributed by atoms with Crippen LogP contribution in [0.25, 0.3) is 22.3 Å². The summed E-state index contributed by atoms with van der Waals surface area (Å²) in [6.07, 6.45) is 0. The lowest BCUT2D eigenvalue weighted by molar-refractivity contribution is 0.208. The van der Waals surface area contributed by atoms with Crippen molar-refractivity contribution in [2.24, 2.45) is 0 Å². The number of halogens is 1. The number of methoxy groups -OCH3 is 1. The minimum absolute atomic E-state index is 0.112. The molecule has 0 aliphatic carbocycles. The number of ether oxygens (including phenoxy) is 1. The molecule has 1 saturated heterocycles. The van der Waals surface area contributed by atoms with Gasteiger partial charge in [0.2, 0.25) is 0 Å². The average Bonchev–Trinajstić information content (AvgIpc) is 2.89. The first-order chi connectivity index (χ1) is 16.6. The Balaban J connectivity index is 1.33. The quantitative estimate of drug-likeness (QED) is 0.434. The summed E-state index contributed by atoms with van der Waals surface area (Å²) in [4.78, 5) is 26.5. The number of para-hydroxylation sites is 1. The first-order valence-corrected chi connectivity index (χ1v) is 11.5. The number of aromatic nitrogens is 2. The molecule has 1 fully saturated rings. The molecule has 0 radical (unpaired) electrons. The fourth-order valence-corrected chi connectivity index (χ4v) is 4.15. The zero-order valence-electron chi connectivity index (χ0n) is 18.7. The predicted molar refractivity (Wildman–Crippen MR) is 136 cm³/mol. The lowest BCUT2D eigenvalue weighted by atomic mass is 10.1. The Morgan fingerprint density at radius 2 is 1.62 bits per heavy atom. The van der Waals surface area contributed by atoms with Gasteiger partial charge < -0.3 is 19.9 Å². The van der Waals surface area contributed by atoms with Crippen LogP contribution in [0.3, 0.4) is 0 Å². The molecule has 34 heavy (non-hydrogen) atoms. The van der Waals surface area contributed by atoms with E-state index in [-0.39, 0.29) is 6.03 Å². The van der Waals surface area contributed by atoms with Crippen molar-refractivity contribution in [3.05, 3.63) is 77.8 Å². The van der Waals surface area contributed by atoms with Crippen LogP contribution < -0.4 is 15.0 Å². The van der Waals surface area contributed by atoms with E-state index in [1.54, 1.807) is 7.11 Å². The van der Waals surface area contributed by atoms with E-state index in [4.69, 9.17) is 26.3 Å². The summed E-state index contributed by atoms with van der Waals surface area (Å²) in [6, 6.07) is 22.8. The van der Waals surface area contributed by atoms with Crippen LogP contribution in [0.1, 0.15) is 0 Å². The molecule has 8 heteroatoms. The smallest absolute Gasteiger partial charge is 0.321 e. The summed E-state index contributed by atoms with van der Waals surface area (Å²) >= 11 is 6.06. The fourth-order valence-electron chi connectivity index (χ4n) is 4.03. The normalized spacial score (nSPS) is 13.7. The van der Waals surface area contributed by atoms with Crippen LogP contribution in [0.5, 0.6) is 5.75 Å². The second kappa shape index (κ2) is 9.57. The molecule has 0 spiro atoms. The molecule has 0 bridgehead atoms. The Morgan fingerprint density at radius 1 is 0.912 bits per heavy atom. The number of benzene rings is 3. The van der Waals surface area contributed by atoms with Gasteiger partial charge in [-0.2, -0.15) is 0 Å². The summed E-state index contributed by atoms with van der Waals surface area (Å²) in [5.41, 5.74) is 2.54. The van der Waals surface area contributed by atoms with Crippen molar-refractivity contribution in [1.29, 1.82) is 0 Å². The van der Waals surface area contributed by atoms with E-state index in [0.717, 1.165) is 33.7 Å². The highest BCUT2D eigenvalue weighted by atomic mass is 35.5. The molecule has 2 heterocycles. The van der Waals surface area contributed by atoms with Gasteiger partial charge in [0, 0.05) is 47.8 Å². The third-order valence-electron chi connectivity index (χ3n) is 5.89. The summed E-state index contributed by atoms with van der Waals surface area (Å²) in [6.45, 7) is 2.54. The lowest BCUT2D eigenvalue weighted by Gasteiger charge is -2.36. The van der Waals surface area contributed by atoms with Crippen LogP contribution >= 0.6 is 11.6 Å². The zero-order chi connectivity index (χ0) is 23.5. The van der Waals surface area contributed by atoms with Crippen LogP contribution in [0.2, 0.25) is 5.02 Å². The Morgan fingerprint density at radius 3 is 2.32 bits per heavy atom. The molecule has 5 rings (SSSR count). The number of carbonyl (C=O) groups is 1. The number of nitrogens with zero attached hydrogens (tertiary/aromatic N) is 4. The number of urea groups is 1. The number of hydrogen-bond donors (Lipinski definition) is 1. The molecule has 2 amide bonds. The Labute approximate surface area is 202 Å². The Bertz CT molecular complexity index is 1300. The van der Waals surface area contributed by atoms with Gasteiger partial charge in [-0.05, 0) is 60.7 Å². The van der Waals surface area contributed by atoms with Crippen molar-refractivity contribution in [3.63, 3.8) is 0 Å². The maximum Gasteiger partial charge on any atom is 0.321 e. The molecule has 0 unspecified atom stereocenters. The van der Waals surface area contributed by atoms with Gasteiger partial charge in [0.05, 0.1) is 12.6 Å². The van der Waals surface area contributed by atoms with Gasteiger partial charge in [-0.3, -0.25) is 0 Å². The molecule has 3 aromatic carbocycles. The lowest BCUT2D eigenvalue weighted by Crippen LogP contribution is -2.50. The topological polar surface area (TPSA) is 70.6 Å². The van der Waals surface area contributed by atoms with Crippen LogP contribution in [0, 0.1) is 0 Å². The van der Waals surface area contributed by atoms with E-state index in [2.05, 4.69) is 10.2 Å². The number of amides is 2. The van der Waals surface area contributed by atoms with E-state index < -0.39 is 0 Å². The van der Waals surface area contributed by atoms with Gasteiger partial charge >= 0.3 is 6.03 Å². The van der Waals surface area contributed by atoms with Crippen LogP contribution in [0.4, 0.5) is 16.3 Å². The maximum atomic E-state index is 12.8. The fraction of sp³-hybridized carbons (Fsp3) is 0.192. The van der Waals surface area contributed by atoms with Gasteiger partial charge in [-0.15, -0.1) is 0 Å². The second-order valence-electron chi connectivity index (χ2n) is 8.03.